The molecule has 0 radical (unpaired) electrons. The average molecular weight is 636 g/mol. The van der Waals surface area contributed by atoms with Crippen molar-refractivity contribution in [2.75, 3.05) is 6.61 Å². The Morgan fingerprint density at radius 1 is 0.957 bits per heavy atom. The van der Waals surface area contributed by atoms with Gasteiger partial charge in [-0.1, -0.05) is 49.8 Å². The maximum absolute atomic E-state index is 13.9. The maximum atomic E-state index is 13.9. The van der Waals surface area contributed by atoms with E-state index in [1.165, 1.54) is 12.5 Å². The van der Waals surface area contributed by atoms with Crippen LogP contribution >= 0.6 is 0 Å². The van der Waals surface area contributed by atoms with Gasteiger partial charge in [0, 0.05) is 31.6 Å². The van der Waals surface area contributed by atoms with Crippen LogP contribution in [0.1, 0.15) is 90.5 Å². The van der Waals surface area contributed by atoms with Gasteiger partial charge in [-0.2, -0.15) is 0 Å². The highest BCUT2D eigenvalue weighted by molar-refractivity contribution is 5.94. The molecule has 0 heterocycles. The van der Waals surface area contributed by atoms with Crippen molar-refractivity contribution < 1.29 is 43.3 Å². The highest BCUT2D eigenvalue weighted by Gasteiger charge is 2.68. The third-order valence-electron chi connectivity index (χ3n) is 11.7. The largest absolute Gasteiger partial charge is 0.480 e. The van der Waals surface area contributed by atoms with Crippen LogP contribution in [0, 0.1) is 28.6 Å². The number of esters is 2. The first-order valence-electron chi connectivity index (χ1n) is 16.5. The van der Waals surface area contributed by atoms with Crippen LogP contribution in [-0.2, 0) is 44.7 Å². The van der Waals surface area contributed by atoms with Gasteiger partial charge >= 0.3 is 17.9 Å². The molecule has 0 aliphatic heterocycles. The number of fused-ring (bicyclic) bond motifs is 5. The van der Waals surface area contributed by atoms with E-state index in [9.17, 15) is 33.9 Å². The Balaban J connectivity index is 1.21. The van der Waals surface area contributed by atoms with Crippen molar-refractivity contribution in [3.63, 3.8) is 0 Å². The van der Waals surface area contributed by atoms with Crippen LogP contribution in [0.5, 0.6) is 0 Å². The molecule has 1 aromatic rings. The van der Waals surface area contributed by atoms with Gasteiger partial charge in [-0.15, -0.1) is 0 Å². The Kier molecular flexibility index (Phi) is 9.57. The van der Waals surface area contributed by atoms with E-state index in [4.69, 9.17) is 9.47 Å². The fraction of sp³-hybridized carbons (Fsp3) is 0.611. The summed E-state index contributed by atoms with van der Waals surface area (Å²) in [4.78, 5) is 75.4. The minimum atomic E-state index is -1.42. The summed E-state index contributed by atoms with van der Waals surface area (Å²) in [6, 6.07) is 7.74. The summed E-state index contributed by atoms with van der Waals surface area (Å²) < 4.78 is 11.3. The third-order valence-corrected chi connectivity index (χ3v) is 11.7. The molecule has 1 aromatic carbocycles. The van der Waals surface area contributed by atoms with Crippen LogP contribution in [-0.4, -0.2) is 58.7 Å². The number of hydrogen-bond acceptors (Lipinski definition) is 8. The van der Waals surface area contributed by atoms with E-state index in [-0.39, 0.29) is 36.4 Å². The molecule has 0 saturated heterocycles. The van der Waals surface area contributed by atoms with Crippen LogP contribution in [0.2, 0.25) is 0 Å². The molecule has 5 rings (SSSR count). The van der Waals surface area contributed by atoms with Crippen LogP contribution in [0.4, 0.5) is 0 Å². The van der Waals surface area contributed by atoms with E-state index >= 15 is 0 Å². The van der Waals surface area contributed by atoms with Gasteiger partial charge in [0.1, 0.15) is 6.04 Å². The second kappa shape index (κ2) is 13.1. The number of ether oxygens (including phenoxy) is 2. The molecule has 2 N–H and O–H groups in total. The number of amides is 1. The predicted octanol–water partition coefficient (Wildman–Crippen LogP) is 4.52. The zero-order valence-electron chi connectivity index (χ0n) is 27.0. The summed E-state index contributed by atoms with van der Waals surface area (Å²) in [6.45, 7) is 5.04. The van der Waals surface area contributed by atoms with Crippen LogP contribution in [0.3, 0.4) is 0 Å². The Morgan fingerprint density at radius 3 is 2.37 bits per heavy atom. The number of rotatable bonds is 11. The molecule has 4 aliphatic carbocycles. The molecule has 0 spiro atoms. The van der Waals surface area contributed by atoms with Crippen LogP contribution in [0.15, 0.2) is 42.0 Å². The average Bonchev–Trinajstić information content (AvgIpc) is 3.31. The molecular weight excluding hydrogens is 590 g/mol. The van der Waals surface area contributed by atoms with E-state index in [0.29, 0.717) is 37.5 Å². The lowest BCUT2D eigenvalue weighted by Crippen LogP contribution is -2.59. The number of hydrogen-bond donors (Lipinski definition) is 2. The number of Topliss-reactive ketones (excluding diaryl/α,β-unsaturated/α-hetero) is 1. The molecule has 4 unspecified atom stereocenters. The summed E-state index contributed by atoms with van der Waals surface area (Å²) in [6.07, 6.45) is 7.10. The molecule has 4 aliphatic rings. The Labute approximate surface area is 269 Å². The number of carboxylic acid groups (broad SMARTS) is 1. The highest BCUT2D eigenvalue weighted by Crippen LogP contribution is 2.68. The van der Waals surface area contributed by atoms with Gasteiger partial charge in [-0.05, 0) is 79.8 Å². The summed E-state index contributed by atoms with van der Waals surface area (Å²) >= 11 is 0. The number of ketones is 2. The van der Waals surface area contributed by atoms with Crippen molar-refractivity contribution in [3.8, 4) is 0 Å². The molecule has 3 fully saturated rings. The topological polar surface area (TPSA) is 153 Å². The van der Waals surface area contributed by atoms with E-state index in [2.05, 4.69) is 12.2 Å². The van der Waals surface area contributed by atoms with Gasteiger partial charge in [0.05, 0.1) is 6.42 Å². The summed E-state index contributed by atoms with van der Waals surface area (Å²) in [5.41, 5.74) is -0.0868. The molecule has 0 aromatic heterocycles. The second-order valence-corrected chi connectivity index (χ2v) is 14.1. The van der Waals surface area contributed by atoms with Gasteiger partial charge in [-0.25, -0.2) is 4.79 Å². The normalized spacial score (nSPS) is 32.1. The molecule has 46 heavy (non-hydrogen) atoms. The second-order valence-electron chi connectivity index (χ2n) is 14.1. The third kappa shape index (κ3) is 6.27. The molecule has 10 heteroatoms. The van der Waals surface area contributed by atoms with E-state index in [1.54, 1.807) is 24.3 Å². The fourth-order valence-electron chi connectivity index (χ4n) is 9.35. The first-order valence-corrected chi connectivity index (χ1v) is 16.5. The monoisotopic (exact) mass is 635 g/mol. The van der Waals surface area contributed by atoms with Crippen molar-refractivity contribution in [2.45, 2.75) is 103 Å². The number of benzene rings is 1. The number of carbonyl (C=O) groups is 6. The van der Waals surface area contributed by atoms with Crippen molar-refractivity contribution in [3.05, 3.63) is 47.5 Å². The van der Waals surface area contributed by atoms with Crippen molar-refractivity contribution >= 4 is 35.4 Å². The summed E-state index contributed by atoms with van der Waals surface area (Å²) in [5.74, 6) is -2.53. The van der Waals surface area contributed by atoms with Crippen LogP contribution < -0.4 is 5.32 Å². The van der Waals surface area contributed by atoms with Gasteiger partial charge < -0.3 is 19.9 Å². The molecule has 248 valence electrons. The predicted molar refractivity (Wildman–Crippen MR) is 166 cm³/mol. The highest BCUT2D eigenvalue weighted by atomic mass is 16.6. The molecule has 10 nitrogen and oxygen atoms in total. The number of carboxylic acids is 1. The standard InChI is InChI=1S/C36H45NO9/c1-22(38)46-36(18-15-28-26-10-9-24-20-25(39)13-16-34(24,2)27(26)14-17-35(28,36)3)30(40)21-45-32(42)12-11-31(41)37-29(33(43)44)19-23-7-5-4-6-8-23/h4-8,20,26-29H,9-19,21H2,1-3H3,(H,37,41)(H,43,44)/t26?,27?,28?,29?,34-,35-,36-/m0/s1. The first kappa shape index (κ1) is 33.5. The van der Waals surface area contributed by atoms with E-state index in [0.717, 1.165) is 31.2 Å². The Morgan fingerprint density at radius 2 is 1.67 bits per heavy atom. The summed E-state index contributed by atoms with van der Waals surface area (Å²) in [7, 11) is 0. The lowest BCUT2D eigenvalue weighted by Gasteiger charge is -2.59. The fourth-order valence-corrected chi connectivity index (χ4v) is 9.35. The molecule has 0 bridgehead atoms. The van der Waals surface area contributed by atoms with Gasteiger partial charge in [0.2, 0.25) is 11.7 Å². The lowest BCUT2D eigenvalue weighted by atomic mass is 9.46. The molecular formula is C36H45NO9. The minimum absolute atomic E-state index is 0.0390. The minimum Gasteiger partial charge on any atom is -0.480 e. The Hall–Kier alpha value is -3.82. The lowest BCUT2D eigenvalue weighted by molar-refractivity contribution is -0.191. The van der Waals surface area contributed by atoms with Crippen molar-refractivity contribution in [2.24, 2.45) is 28.6 Å². The summed E-state index contributed by atoms with van der Waals surface area (Å²) in [5, 5.41) is 12.0. The van der Waals surface area contributed by atoms with E-state index < -0.39 is 53.3 Å². The quantitative estimate of drug-likeness (QED) is 0.334. The van der Waals surface area contributed by atoms with Gasteiger partial charge in [0.15, 0.2) is 18.0 Å². The number of nitrogens with one attached hydrogen (secondary N) is 1. The SMILES string of the molecule is CC(=O)O[C@]1(C(=O)COC(=O)CCC(=O)NC(Cc2ccccc2)C(=O)O)CCC2C3CCC4=CC(=O)CC[C@]4(C)C3CC[C@@]21C. The molecule has 7 atom stereocenters. The molecule has 1 amide bonds. The van der Waals surface area contributed by atoms with E-state index in [1.807, 2.05) is 19.1 Å². The first-order chi connectivity index (χ1) is 21.8. The number of aliphatic carboxylic acids is 1. The number of allylic oxidation sites excluding steroid dienone is 1. The van der Waals surface area contributed by atoms with Crippen LogP contribution in [0.25, 0.3) is 0 Å². The number of carbonyl (C=O) groups excluding carboxylic acids is 5. The zero-order valence-corrected chi connectivity index (χ0v) is 27.0. The van der Waals surface area contributed by atoms with Crippen molar-refractivity contribution in [1.82, 2.24) is 5.32 Å². The van der Waals surface area contributed by atoms with Gasteiger partial charge in [0.25, 0.3) is 0 Å². The Bertz CT molecular complexity index is 1440. The smallest absolute Gasteiger partial charge is 0.326 e. The maximum Gasteiger partial charge on any atom is 0.326 e. The van der Waals surface area contributed by atoms with Gasteiger partial charge in [-0.3, -0.25) is 24.0 Å². The zero-order chi connectivity index (χ0) is 33.3. The van der Waals surface area contributed by atoms with Crippen molar-refractivity contribution in [1.29, 1.82) is 0 Å². The molecule has 3 saturated carbocycles.